The fourth-order valence-electron chi connectivity index (χ4n) is 2.79. The highest BCUT2D eigenvalue weighted by atomic mass is 14.7. The molecule has 0 saturated heterocycles. The van der Waals surface area contributed by atoms with E-state index in [1.165, 1.54) is 35.7 Å². The minimum Gasteiger partial charge on any atom is -0.361 e. The molecule has 1 fully saturated rings. The smallest absolute Gasteiger partial charge is 0.0489 e. The molecular formula is C13H16N2. The predicted molar refractivity (Wildman–Crippen MR) is 62.9 cm³/mol. The van der Waals surface area contributed by atoms with Gasteiger partial charge in [-0.15, -0.1) is 0 Å². The van der Waals surface area contributed by atoms with E-state index in [9.17, 15) is 0 Å². The molecule has 3 N–H and O–H groups in total. The molecule has 1 aliphatic rings. The Hall–Kier alpha value is -1.28. The van der Waals surface area contributed by atoms with E-state index in [4.69, 9.17) is 5.73 Å². The van der Waals surface area contributed by atoms with Crippen molar-refractivity contribution in [1.29, 1.82) is 0 Å². The maximum atomic E-state index is 6.16. The second-order valence-corrected chi connectivity index (χ2v) is 4.49. The van der Waals surface area contributed by atoms with E-state index >= 15 is 0 Å². The van der Waals surface area contributed by atoms with Gasteiger partial charge in [-0.1, -0.05) is 24.6 Å². The molecule has 0 spiro atoms. The van der Waals surface area contributed by atoms with Gasteiger partial charge in [0.1, 0.15) is 0 Å². The number of para-hydroxylation sites is 1. The summed E-state index contributed by atoms with van der Waals surface area (Å²) in [6, 6.07) is 8.97. The van der Waals surface area contributed by atoms with Gasteiger partial charge in [0.15, 0.2) is 0 Å². The summed E-state index contributed by atoms with van der Waals surface area (Å²) in [4.78, 5) is 3.33. The number of hydrogen-bond acceptors (Lipinski definition) is 1. The molecule has 1 saturated carbocycles. The summed E-state index contributed by atoms with van der Waals surface area (Å²) in [7, 11) is 0. The molecule has 2 heteroatoms. The van der Waals surface area contributed by atoms with Crippen LogP contribution in [0.25, 0.3) is 10.9 Å². The molecule has 2 atom stereocenters. The lowest BCUT2D eigenvalue weighted by Crippen LogP contribution is -2.22. The third-order valence-electron chi connectivity index (χ3n) is 3.59. The largest absolute Gasteiger partial charge is 0.361 e. The van der Waals surface area contributed by atoms with Gasteiger partial charge in [0.05, 0.1) is 0 Å². The molecule has 1 aromatic heterocycles. The number of aromatic amines is 1. The van der Waals surface area contributed by atoms with Gasteiger partial charge in [0, 0.05) is 23.7 Å². The summed E-state index contributed by atoms with van der Waals surface area (Å²) in [5.74, 6) is 0.548. The number of nitrogens with one attached hydrogen (secondary N) is 1. The Morgan fingerprint density at radius 2 is 2.13 bits per heavy atom. The fraction of sp³-hybridized carbons (Fsp3) is 0.385. The lowest BCUT2D eigenvalue weighted by Gasteiger charge is -2.16. The van der Waals surface area contributed by atoms with Crippen molar-refractivity contribution >= 4 is 10.9 Å². The lowest BCUT2D eigenvalue weighted by molar-refractivity contribution is 0.616. The van der Waals surface area contributed by atoms with E-state index in [0.29, 0.717) is 12.0 Å². The quantitative estimate of drug-likeness (QED) is 0.730. The van der Waals surface area contributed by atoms with Crippen LogP contribution in [0.5, 0.6) is 0 Å². The normalized spacial score (nSPS) is 26.2. The topological polar surface area (TPSA) is 41.8 Å². The van der Waals surface area contributed by atoms with Gasteiger partial charge >= 0.3 is 0 Å². The van der Waals surface area contributed by atoms with E-state index in [0.717, 1.165) is 0 Å². The second-order valence-electron chi connectivity index (χ2n) is 4.49. The number of hydrogen-bond donors (Lipinski definition) is 2. The summed E-state index contributed by atoms with van der Waals surface area (Å²) >= 11 is 0. The van der Waals surface area contributed by atoms with E-state index in [2.05, 4.69) is 29.2 Å². The average molecular weight is 200 g/mol. The molecule has 1 aliphatic carbocycles. The molecule has 2 aromatic rings. The van der Waals surface area contributed by atoms with E-state index in [1.54, 1.807) is 0 Å². The number of H-pyrrole nitrogens is 1. The molecule has 78 valence electrons. The Labute approximate surface area is 89.5 Å². The minimum atomic E-state index is 0.346. The highest BCUT2D eigenvalue weighted by molar-refractivity contribution is 5.83. The Balaban J connectivity index is 2.13. The molecule has 0 aliphatic heterocycles. The third-order valence-corrected chi connectivity index (χ3v) is 3.59. The molecule has 0 radical (unpaired) electrons. The summed E-state index contributed by atoms with van der Waals surface area (Å²) in [5.41, 5.74) is 8.84. The van der Waals surface area contributed by atoms with Crippen LogP contribution in [-0.4, -0.2) is 11.0 Å². The zero-order valence-corrected chi connectivity index (χ0v) is 8.74. The highest BCUT2D eigenvalue weighted by Gasteiger charge is 2.26. The van der Waals surface area contributed by atoms with Gasteiger partial charge in [-0.05, 0) is 29.9 Å². The molecule has 2 unspecified atom stereocenters. The van der Waals surface area contributed by atoms with Crippen LogP contribution in [0.1, 0.15) is 30.7 Å². The Kier molecular flexibility index (Phi) is 2.03. The highest BCUT2D eigenvalue weighted by Crippen LogP contribution is 2.36. The summed E-state index contributed by atoms with van der Waals surface area (Å²) in [5, 5.41) is 1.30. The maximum Gasteiger partial charge on any atom is 0.0489 e. The molecule has 1 heterocycles. The Bertz CT molecular complexity index is 472. The monoisotopic (exact) mass is 200 g/mol. The van der Waals surface area contributed by atoms with Crippen LogP contribution in [0.4, 0.5) is 0 Å². The minimum absolute atomic E-state index is 0.346. The molecule has 0 bridgehead atoms. The van der Waals surface area contributed by atoms with Crippen LogP contribution in [0.3, 0.4) is 0 Å². The first kappa shape index (κ1) is 8.98. The third kappa shape index (κ3) is 1.37. The van der Waals surface area contributed by atoms with Gasteiger partial charge in [0.25, 0.3) is 0 Å². The van der Waals surface area contributed by atoms with Crippen molar-refractivity contribution in [2.75, 3.05) is 0 Å². The number of fused-ring (bicyclic) bond motifs is 1. The van der Waals surface area contributed by atoms with Gasteiger partial charge in [0.2, 0.25) is 0 Å². The van der Waals surface area contributed by atoms with Crippen molar-refractivity contribution in [2.24, 2.45) is 5.73 Å². The molecule has 3 rings (SSSR count). The molecule has 1 aromatic carbocycles. The molecule has 0 amide bonds. The number of benzene rings is 1. The number of rotatable bonds is 1. The van der Waals surface area contributed by atoms with Crippen molar-refractivity contribution < 1.29 is 0 Å². The van der Waals surface area contributed by atoms with Crippen molar-refractivity contribution in [3.05, 3.63) is 36.0 Å². The molecule has 15 heavy (non-hydrogen) atoms. The van der Waals surface area contributed by atoms with Crippen LogP contribution in [0.2, 0.25) is 0 Å². The van der Waals surface area contributed by atoms with Gasteiger partial charge in [-0.25, -0.2) is 0 Å². The molecule has 2 nitrogen and oxygen atoms in total. The van der Waals surface area contributed by atoms with Crippen molar-refractivity contribution in [2.45, 2.75) is 31.2 Å². The van der Waals surface area contributed by atoms with Gasteiger partial charge < -0.3 is 10.7 Å². The Morgan fingerprint density at radius 1 is 1.20 bits per heavy atom. The van der Waals surface area contributed by atoms with Gasteiger partial charge in [-0.3, -0.25) is 0 Å². The zero-order chi connectivity index (χ0) is 10.3. The Morgan fingerprint density at radius 3 is 2.93 bits per heavy atom. The standard InChI is InChI=1S/C13H16N2/c14-12-6-2-4-10(12)11-5-1-3-9-7-8-15-13(9)11/h1,3,5,7-8,10,12,15H,2,4,6,14H2. The first-order valence-electron chi connectivity index (χ1n) is 5.68. The SMILES string of the molecule is NC1CCCC1c1cccc2cc[nH]c12. The van der Waals surface area contributed by atoms with Crippen molar-refractivity contribution in [3.63, 3.8) is 0 Å². The first-order chi connectivity index (χ1) is 7.36. The van der Waals surface area contributed by atoms with Gasteiger partial charge in [-0.2, -0.15) is 0 Å². The van der Waals surface area contributed by atoms with E-state index in [-0.39, 0.29) is 0 Å². The average Bonchev–Trinajstić information content (AvgIpc) is 2.85. The maximum absolute atomic E-state index is 6.16. The summed E-state index contributed by atoms with van der Waals surface area (Å²) in [6.07, 6.45) is 5.68. The zero-order valence-electron chi connectivity index (χ0n) is 8.74. The predicted octanol–water partition coefficient (Wildman–Crippen LogP) is 2.76. The number of aromatic nitrogens is 1. The summed E-state index contributed by atoms with van der Waals surface area (Å²) < 4.78 is 0. The van der Waals surface area contributed by atoms with E-state index in [1.807, 2.05) is 6.20 Å². The first-order valence-corrected chi connectivity index (χ1v) is 5.68. The van der Waals surface area contributed by atoms with Crippen LogP contribution >= 0.6 is 0 Å². The summed E-state index contributed by atoms with van der Waals surface area (Å²) in [6.45, 7) is 0. The van der Waals surface area contributed by atoms with Crippen molar-refractivity contribution in [1.82, 2.24) is 4.98 Å². The lowest BCUT2D eigenvalue weighted by atomic mass is 9.93. The van der Waals surface area contributed by atoms with E-state index < -0.39 is 0 Å². The van der Waals surface area contributed by atoms with Crippen LogP contribution in [0, 0.1) is 0 Å². The van der Waals surface area contributed by atoms with Crippen LogP contribution in [-0.2, 0) is 0 Å². The van der Waals surface area contributed by atoms with Crippen molar-refractivity contribution in [3.8, 4) is 0 Å². The number of nitrogens with two attached hydrogens (primary N) is 1. The second kappa shape index (κ2) is 3.38. The molecular weight excluding hydrogens is 184 g/mol. The van der Waals surface area contributed by atoms with Crippen LogP contribution in [0.15, 0.2) is 30.5 Å². The fourth-order valence-corrected chi connectivity index (χ4v) is 2.79. The van der Waals surface area contributed by atoms with Crippen LogP contribution < -0.4 is 5.73 Å².